The zero-order chi connectivity index (χ0) is 8.10. The van der Waals surface area contributed by atoms with Gasteiger partial charge in [0, 0.05) is 19.2 Å². The SMILES string of the molecule is C=CCNN1C=CCC(=O)N1. The zero-order valence-corrected chi connectivity index (χ0v) is 6.21. The smallest absolute Gasteiger partial charge is 0.243 e. The molecule has 1 aliphatic heterocycles. The van der Waals surface area contributed by atoms with Gasteiger partial charge < -0.3 is 0 Å². The summed E-state index contributed by atoms with van der Waals surface area (Å²) >= 11 is 0. The molecule has 11 heavy (non-hydrogen) atoms. The van der Waals surface area contributed by atoms with Crippen LogP contribution in [0.5, 0.6) is 0 Å². The molecule has 0 unspecified atom stereocenters. The lowest BCUT2D eigenvalue weighted by Gasteiger charge is -2.23. The molecule has 1 heterocycles. The third-order valence-corrected chi connectivity index (χ3v) is 1.21. The predicted molar refractivity (Wildman–Crippen MR) is 41.9 cm³/mol. The van der Waals surface area contributed by atoms with Crippen molar-refractivity contribution in [2.75, 3.05) is 6.54 Å². The third-order valence-electron chi connectivity index (χ3n) is 1.21. The molecule has 0 aromatic rings. The highest BCUT2D eigenvalue weighted by molar-refractivity contribution is 5.77. The maximum absolute atomic E-state index is 10.8. The first-order valence-corrected chi connectivity index (χ1v) is 3.42. The van der Waals surface area contributed by atoms with Crippen LogP contribution in [0.3, 0.4) is 0 Å². The molecule has 0 atom stereocenters. The van der Waals surface area contributed by atoms with Crippen LogP contribution in [0.1, 0.15) is 6.42 Å². The largest absolute Gasteiger partial charge is 0.273 e. The predicted octanol–water partition coefficient (Wildman–Crippen LogP) is -0.0724. The first-order valence-electron chi connectivity index (χ1n) is 3.42. The van der Waals surface area contributed by atoms with E-state index in [1.54, 1.807) is 18.4 Å². The summed E-state index contributed by atoms with van der Waals surface area (Å²) in [5, 5.41) is 1.52. The lowest BCUT2D eigenvalue weighted by Crippen LogP contribution is -2.48. The van der Waals surface area contributed by atoms with Crippen LogP contribution in [0.4, 0.5) is 0 Å². The molecule has 0 aliphatic carbocycles. The maximum atomic E-state index is 10.8. The molecule has 0 aromatic carbocycles. The van der Waals surface area contributed by atoms with Gasteiger partial charge in [-0.15, -0.1) is 6.58 Å². The first-order chi connectivity index (χ1) is 5.33. The molecule has 60 valence electrons. The molecule has 0 aromatic heterocycles. The third kappa shape index (κ3) is 2.43. The molecule has 4 nitrogen and oxygen atoms in total. The van der Waals surface area contributed by atoms with E-state index in [0.717, 1.165) is 0 Å². The summed E-state index contributed by atoms with van der Waals surface area (Å²) in [6.45, 7) is 4.17. The molecule has 1 rings (SSSR count). The van der Waals surface area contributed by atoms with Crippen LogP contribution in [-0.2, 0) is 4.79 Å². The van der Waals surface area contributed by atoms with Gasteiger partial charge in [0.2, 0.25) is 5.91 Å². The van der Waals surface area contributed by atoms with Gasteiger partial charge >= 0.3 is 0 Å². The molecule has 1 amide bonds. The number of amides is 1. The quantitative estimate of drug-likeness (QED) is 0.558. The van der Waals surface area contributed by atoms with Gasteiger partial charge in [0.05, 0.1) is 0 Å². The molecule has 0 saturated carbocycles. The number of nitrogens with zero attached hydrogens (tertiary/aromatic N) is 1. The molecule has 0 saturated heterocycles. The van der Waals surface area contributed by atoms with Crippen LogP contribution < -0.4 is 10.9 Å². The first kappa shape index (κ1) is 7.81. The van der Waals surface area contributed by atoms with Crippen LogP contribution in [0.2, 0.25) is 0 Å². The van der Waals surface area contributed by atoms with E-state index in [1.165, 1.54) is 5.12 Å². The molecular formula is C7H11N3O. The average molecular weight is 153 g/mol. The van der Waals surface area contributed by atoms with Crippen molar-refractivity contribution in [3.05, 3.63) is 24.9 Å². The molecule has 0 bridgehead atoms. The minimum atomic E-state index is -0.0101. The lowest BCUT2D eigenvalue weighted by atomic mass is 10.4. The number of hydrogen-bond acceptors (Lipinski definition) is 3. The van der Waals surface area contributed by atoms with E-state index in [9.17, 15) is 4.79 Å². The monoisotopic (exact) mass is 153 g/mol. The fourth-order valence-electron chi connectivity index (χ4n) is 0.738. The zero-order valence-electron chi connectivity index (χ0n) is 6.21. The summed E-state index contributed by atoms with van der Waals surface area (Å²) in [6, 6.07) is 0. The Kier molecular flexibility index (Phi) is 2.68. The van der Waals surface area contributed by atoms with Gasteiger partial charge in [0.25, 0.3) is 0 Å². The fourth-order valence-corrected chi connectivity index (χ4v) is 0.738. The Bertz CT molecular complexity index is 188. The van der Waals surface area contributed by atoms with E-state index < -0.39 is 0 Å². The van der Waals surface area contributed by atoms with Gasteiger partial charge in [-0.1, -0.05) is 12.2 Å². The number of rotatable bonds is 3. The van der Waals surface area contributed by atoms with E-state index in [-0.39, 0.29) is 5.91 Å². The van der Waals surface area contributed by atoms with Gasteiger partial charge in [-0.05, 0) is 0 Å². The Morgan fingerprint density at radius 2 is 2.73 bits per heavy atom. The standard InChI is InChI=1S/C7H11N3O/c1-2-5-8-10-6-3-4-7(11)9-10/h2-3,6,8H,1,4-5H2,(H,9,11). The van der Waals surface area contributed by atoms with Gasteiger partial charge in [0.1, 0.15) is 0 Å². The van der Waals surface area contributed by atoms with E-state index in [1.807, 2.05) is 0 Å². The van der Waals surface area contributed by atoms with Crippen molar-refractivity contribution in [3.63, 3.8) is 0 Å². The Balaban J connectivity index is 2.34. The van der Waals surface area contributed by atoms with Crippen molar-refractivity contribution in [1.29, 1.82) is 0 Å². The Morgan fingerprint density at radius 1 is 1.91 bits per heavy atom. The molecule has 2 N–H and O–H groups in total. The topological polar surface area (TPSA) is 44.4 Å². The summed E-state index contributed by atoms with van der Waals surface area (Å²) in [5.41, 5.74) is 5.50. The minimum absolute atomic E-state index is 0.0101. The van der Waals surface area contributed by atoms with E-state index in [2.05, 4.69) is 17.4 Å². The molecule has 1 aliphatic rings. The number of carbonyl (C=O) groups is 1. The normalized spacial score (nSPS) is 16.4. The number of carbonyl (C=O) groups excluding carboxylic acids is 1. The second kappa shape index (κ2) is 3.78. The highest BCUT2D eigenvalue weighted by atomic mass is 16.2. The summed E-state index contributed by atoms with van der Waals surface area (Å²) in [6.07, 6.45) is 5.72. The summed E-state index contributed by atoms with van der Waals surface area (Å²) < 4.78 is 0. The Morgan fingerprint density at radius 3 is 3.36 bits per heavy atom. The van der Waals surface area contributed by atoms with Gasteiger partial charge in [-0.2, -0.15) is 0 Å². The van der Waals surface area contributed by atoms with Crippen molar-refractivity contribution >= 4 is 5.91 Å². The van der Waals surface area contributed by atoms with E-state index >= 15 is 0 Å². The van der Waals surface area contributed by atoms with Crippen LogP contribution >= 0.6 is 0 Å². The summed E-state index contributed by atoms with van der Waals surface area (Å²) in [7, 11) is 0. The lowest BCUT2D eigenvalue weighted by molar-refractivity contribution is -0.125. The molecule has 0 radical (unpaired) electrons. The number of hydrogen-bond donors (Lipinski definition) is 2. The maximum Gasteiger partial charge on any atom is 0.243 e. The summed E-state index contributed by atoms with van der Waals surface area (Å²) in [5.74, 6) is -0.0101. The highest BCUT2D eigenvalue weighted by Crippen LogP contribution is 1.92. The van der Waals surface area contributed by atoms with Crippen LogP contribution in [0, 0.1) is 0 Å². The van der Waals surface area contributed by atoms with Gasteiger partial charge in [-0.3, -0.25) is 10.2 Å². The van der Waals surface area contributed by atoms with Crippen molar-refractivity contribution < 1.29 is 4.79 Å². The van der Waals surface area contributed by atoms with Crippen LogP contribution in [0.25, 0.3) is 0 Å². The van der Waals surface area contributed by atoms with Crippen molar-refractivity contribution in [1.82, 2.24) is 16.0 Å². The van der Waals surface area contributed by atoms with Crippen molar-refractivity contribution in [2.45, 2.75) is 6.42 Å². The fraction of sp³-hybridized carbons (Fsp3) is 0.286. The van der Waals surface area contributed by atoms with Crippen molar-refractivity contribution in [3.8, 4) is 0 Å². The summed E-state index contributed by atoms with van der Waals surface area (Å²) in [4.78, 5) is 10.8. The average Bonchev–Trinajstić information content (AvgIpc) is 2.01. The Labute approximate surface area is 65.5 Å². The van der Waals surface area contributed by atoms with E-state index in [0.29, 0.717) is 13.0 Å². The number of nitrogens with one attached hydrogen (secondary N) is 2. The van der Waals surface area contributed by atoms with Gasteiger partial charge in [0.15, 0.2) is 0 Å². The van der Waals surface area contributed by atoms with Gasteiger partial charge in [-0.25, -0.2) is 10.5 Å². The number of hydrazine groups is 2. The van der Waals surface area contributed by atoms with Crippen LogP contribution in [-0.4, -0.2) is 17.6 Å². The highest BCUT2D eigenvalue weighted by Gasteiger charge is 2.06. The second-order valence-electron chi connectivity index (χ2n) is 2.14. The Hall–Kier alpha value is -1.29. The minimum Gasteiger partial charge on any atom is -0.273 e. The van der Waals surface area contributed by atoms with E-state index in [4.69, 9.17) is 0 Å². The molecule has 0 spiro atoms. The molecule has 4 heteroatoms. The second-order valence-corrected chi connectivity index (χ2v) is 2.14. The molecular weight excluding hydrogens is 142 g/mol. The van der Waals surface area contributed by atoms with Crippen LogP contribution in [0.15, 0.2) is 24.9 Å². The molecule has 0 fully saturated rings. The van der Waals surface area contributed by atoms with Crippen molar-refractivity contribution in [2.24, 2.45) is 0 Å².